The summed E-state index contributed by atoms with van der Waals surface area (Å²) in [7, 11) is 0. The number of rotatable bonds is 5. The Morgan fingerprint density at radius 2 is 1.71 bits per heavy atom. The second kappa shape index (κ2) is 10.5. The molecule has 1 aliphatic carbocycles. The van der Waals surface area contributed by atoms with Crippen molar-refractivity contribution < 1.29 is 9.90 Å². The Morgan fingerprint density at radius 3 is 2.44 bits per heavy atom. The molecule has 7 heteroatoms. The third kappa shape index (κ3) is 5.14. The summed E-state index contributed by atoms with van der Waals surface area (Å²) in [6.07, 6.45) is 4.21. The van der Waals surface area contributed by atoms with Crippen LogP contribution in [0.3, 0.4) is 0 Å². The lowest BCUT2D eigenvalue weighted by molar-refractivity contribution is -0.143. The molecule has 182 valence electrons. The van der Waals surface area contributed by atoms with Crippen LogP contribution in [0.5, 0.6) is 0 Å². The molecule has 2 saturated heterocycles. The molecule has 4 atom stereocenters. The van der Waals surface area contributed by atoms with Crippen molar-refractivity contribution in [3.8, 4) is 0 Å². The molecule has 1 saturated carbocycles. The molecule has 1 N–H and O–H groups in total. The molecular formula is C27H33Cl2N3O2. The number of amides is 1. The van der Waals surface area contributed by atoms with Gasteiger partial charge in [0.25, 0.3) is 0 Å². The molecule has 2 heterocycles. The molecule has 5 rings (SSSR count). The minimum Gasteiger partial charge on any atom is -0.392 e. The van der Waals surface area contributed by atoms with Gasteiger partial charge in [-0.2, -0.15) is 0 Å². The summed E-state index contributed by atoms with van der Waals surface area (Å²) >= 11 is 12.3. The maximum absolute atomic E-state index is 13.7. The normalized spacial score (nSPS) is 28.1. The highest BCUT2D eigenvalue weighted by atomic mass is 35.5. The molecule has 0 bridgehead atoms. The number of aliphatic hydroxyl groups excluding tert-OH is 1. The number of hydrogen-bond acceptors (Lipinski definition) is 4. The van der Waals surface area contributed by atoms with E-state index in [2.05, 4.69) is 45.0 Å². The lowest BCUT2D eigenvalue weighted by Crippen LogP contribution is -2.68. The molecule has 2 aromatic carbocycles. The Balaban J connectivity index is 1.40. The zero-order valence-electron chi connectivity index (χ0n) is 19.5. The Kier molecular flexibility index (Phi) is 7.47. The monoisotopic (exact) mass is 501 g/mol. The van der Waals surface area contributed by atoms with Crippen LogP contribution in [0.15, 0.2) is 48.5 Å². The minimum atomic E-state index is -0.259. The molecule has 3 fully saturated rings. The average molecular weight is 502 g/mol. The fraction of sp³-hybridized carbons (Fsp3) is 0.519. The van der Waals surface area contributed by atoms with E-state index < -0.39 is 0 Å². The largest absolute Gasteiger partial charge is 0.392 e. The van der Waals surface area contributed by atoms with E-state index in [-0.39, 0.29) is 24.1 Å². The smallest absolute Gasteiger partial charge is 0.227 e. The number of benzene rings is 2. The van der Waals surface area contributed by atoms with Crippen LogP contribution in [-0.2, 0) is 17.8 Å². The van der Waals surface area contributed by atoms with Crippen molar-refractivity contribution in [2.24, 2.45) is 0 Å². The summed E-state index contributed by atoms with van der Waals surface area (Å²) in [5.41, 5.74) is 2.21. The van der Waals surface area contributed by atoms with Crippen molar-refractivity contribution in [2.75, 3.05) is 26.2 Å². The molecule has 1 amide bonds. The topological polar surface area (TPSA) is 47.0 Å². The van der Waals surface area contributed by atoms with Crippen LogP contribution >= 0.6 is 23.2 Å². The molecule has 2 aliphatic heterocycles. The zero-order chi connectivity index (χ0) is 23.7. The molecule has 0 aromatic heterocycles. The lowest BCUT2D eigenvalue weighted by Gasteiger charge is -2.54. The standard InChI is InChI=1S/C27H33Cl2N3O2/c28-22-10-9-20(15-23(22)29)16-26(34)32-14-13-31(17-19-5-2-1-3-6-19)25-8-4-7-24(27(25)32)30-12-11-21(33)18-30/h1-3,5-6,9-10,15,21,24-25,27,33H,4,7-8,11-14,16-18H2. The van der Waals surface area contributed by atoms with Crippen LogP contribution in [0, 0.1) is 0 Å². The van der Waals surface area contributed by atoms with Gasteiger partial charge in [-0.3, -0.25) is 14.6 Å². The third-order valence-corrected chi connectivity index (χ3v) is 8.54. The quantitative estimate of drug-likeness (QED) is 0.665. The number of β-amino-alcohol motifs (C(OH)–C–C–N with tert-alkyl or cyclic N) is 1. The number of hydrogen-bond donors (Lipinski definition) is 1. The number of halogens is 2. The van der Waals surface area contributed by atoms with E-state index in [9.17, 15) is 9.90 Å². The van der Waals surface area contributed by atoms with Gasteiger partial charge in [0, 0.05) is 44.8 Å². The molecule has 5 nitrogen and oxygen atoms in total. The molecule has 0 radical (unpaired) electrons. The molecular weight excluding hydrogens is 469 g/mol. The number of aliphatic hydroxyl groups is 1. The van der Waals surface area contributed by atoms with Crippen molar-refractivity contribution in [2.45, 2.75) is 62.9 Å². The lowest BCUT2D eigenvalue weighted by atomic mass is 9.81. The van der Waals surface area contributed by atoms with Gasteiger partial charge in [0.05, 0.1) is 28.6 Å². The van der Waals surface area contributed by atoms with Gasteiger partial charge in [-0.1, -0.05) is 66.0 Å². The highest BCUT2D eigenvalue weighted by Crippen LogP contribution is 2.36. The van der Waals surface area contributed by atoms with Gasteiger partial charge in [-0.05, 0) is 42.5 Å². The van der Waals surface area contributed by atoms with Gasteiger partial charge in [-0.25, -0.2) is 0 Å². The van der Waals surface area contributed by atoms with Crippen molar-refractivity contribution >= 4 is 29.1 Å². The van der Waals surface area contributed by atoms with Crippen molar-refractivity contribution in [1.29, 1.82) is 0 Å². The Hall–Kier alpha value is -1.63. The second-order valence-electron chi connectivity index (χ2n) is 9.96. The number of piperazine rings is 1. The number of carbonyl (C=O) groups excluding carboxylic acids is 1. The van der Waals surface area contributed by atoms with Crippen molar-refractivity contribution in [1.82, 2.24) is 14.7 Å². The summed E-state index contributed by atoms with van der Waals surface area (Å²) in [5.74, 6) is 0.152. The van der Waals surface area contributed by atoms with E-state index in [0.717, 1.165) is 57.4 Å². The van der Waals surface area contributed by atoms with Crippen LogP contribution in [0.2, 0.25) is 10.0 Å². The van der Waals surface area contributed by atoms with Crippen LogP contribution in [-0.4, -0.2) is 76.1 Å². The number of carbonyl (C=O) groups is 1. The van der Waals surface area contributed by atoms with Crippen LogP contribution in [0.4, 0.5) is 0 Å². The van der Waals surface area contributed by atoms with E-state index in [1.807, 2.05) is 6.07 Å². The summed E-state index contributed by atoms with van der Waals surface area (Å²) in [6.45, 7) is 4.12. The minimum absolute atomic E-state index is 0.131. The summed E-state index contributed by atoms with van der Waals surface area (Å²) in [4.78, 5) is 20.8. The van der Waals surface area contributed by atoms with Gasteiger partial charge in [0.15, 0.2) is 0 Å². The fourth-order valence-corrected chi connectivity index (χ4v) is 6.52. The fourth-order valence-electron chi connectivity index (χ4n) is 6.20. The van der Waals surface area contributed by atoms with Crippen LogP contribution in [0.1, 0.15) is 36.8 Å². The molecule has 0 spiro atoms. The first-order chi connectivity index (χ1) is 16.5. The first-order valence-electron chi connectivity index (χ1n) is 12.4. The molecule has 3 aliphatic rings. The van der Waals surface area contributed by atoms with Crippen LogP contribution < -0.4 is 0 Å². The van der Waals surface area contributed by atoms with Gasteiger partial charge in [0.2, 0.25) is 5.91 Å². The van der Waals surface area contributed by atoms with E-state index in [1.54, 1.807) is 12.1 Å². The van der Waals surface area contributed by atoms with E-state index >= 15 is 0 Å². The zero-order valence-corrected chi connectivity index (χ0v) is 21.0. The summed E-state index contributed by atoms with van der Waals surface area (Å²) in [6, 6.07) is 16.8. The maximum atomic E-state index is 13.7. The predicted molar refractivity (Wildman–Crippen MR) is 136 cm³/mol. The third-order valence-electron chi connectivity index (χ3n) is 7.80. The van der Waals surface area contributed by atoms with Crippen molar-refractivity contribution in [3.63, 3.8) is 0 Å². The molecule has 4 unspecified atom stereocenters. The highest BCUT2D eigenvalue weighted by molar-refractivity contribution is 6.42. The second-order valence-corrected chi connectivity index (χ2v) is 10.8. The molecule has 2 aromatic rings. The van der Waals surface area contributed by atoms with E-state index in [1.165, 1.54) is 5.56 Å². The summed E-state index contributed by atoms with van der Waals surface area (Å²) < 4.78 is 0. The number of likely N-dealkylation sites (tertiary alicyclic amines) is 1. The Morgan fingerprint density at radius 1 is 0.912 bits per heavy atom. The highest BCUT2D eigenvalue weighted by Gasteiger charge is 2.47. The average Bonchev–Trinajstić information content (AvgIpc) is 3.28. The maximum Gasteiger partial charge on any atom is 0.227 e. The predicted octanol–water partition coefficient (Wildman–Crippen LogP) is 4.24. The summed E-state index contributed by atoms with van der Waals surface area (Å²) in [5, 5.41) is 11.2. The van der Waals surface area contributed by atoms with Gasteiger partial charge < -0.3 is 10.0 Å². The Bertz CT molecular complexity index is 1000. The van der Waals surface area contributed by atoms with Crippen molar-refractivity contribution in [3.05, 3.63) is 69.7 Å². The molecule has 34 heavy (non-hydrogen) atoms. The number of nitrogens with zero attached hydrogens (tertiary/aromatic N) is 3. The first-order valence-corrected chi connectivity index (χ1v) is 13.2. The Labute approximate surface area is 212 Å². The van der Waals surface area contributed by atoms with Crippen LogP contribution in [0.25, 0.3) is 0 Å². The first kappa shape index (κ1) is 24.1. The van der Waals surface area contributed by atoms with E-state index in [4.69, 9.17) is 23.2 Å². The van der Waals surface area contributed by atoms with E-state index in [0.29, 0.717) is 29.1 Å². The van der Waals surface area contributed by atoms with Gasteiger partial charge in [0.1, 0.15) is 0 Å². The SMILES string of the molecule is O=C(Cc1ccc(Cl)c(Cl)c1)N1CCN(Cc2ccccc2)C2CCCC(N3CCC(O)C3)C21. The number of fused-ring (bicyclic) bond motifs is 1. The van der Waals surface area contributed by atoms with Gasteiger partial charge in [-0.15, -0.1) is 0 Å². The van der Waals surface area contributed by atoms with Gasteiger partial charge >= 0.3 is 0 Å².